The van der Waals surface area contributed by atoms with Gasteiger partial charge in [-0.1, -0.05) is 25.5 Å². The first-order chi connectivity index (χ1) is 11.1. The van der Waals surface area contributed by atoms with E-state index in [1.54, 1.807) is 0 Å². The number of fused-ring (bicyclic) bond motifs is 2. The molecular formula is C19H25NO3. The molecule has 1 aromatic carbocycles. The summed E-state index contributed by atoms with van der Waals surface area (Å²) in [5.74, 6) is 1.49. The van der Waals surface area contributed by atoms with E-state index in [1.165, 1.54) is 24.8 Å². The fourth-order valence-corrected chi connectivity index (χ4v) is 4.07. The van der Waals surface area contributed by atoms with Gasteiger partial charge in [-0.3, -0.25) is 9.59 Å². The molecular weight excluding hydrogens is 290 g/mol. The van der Waals surface area contributed by atoms with Crippen molar-refractivity contribution in [1.29, 1.82) is 0 Å². The number of amides is 1. The van der Waals surface area contributed by atoms with E-state index in [0.717, 1.165) is 24.4 Å². The third kappa shape index (κ3) is 4.12. The van der Waals surface area contributed by atoms with Gasteiger partial charge in [-0.05, 0) is 61.1 Å². The highest BCUT2D eigenvalue weighted by molar-refractivity contribution is 5.92. The maximum absolute atomic E-state index is 11.9. The summed E-state index contributed by atoms with van der Waals surface area (Å²) in [6.45, 7) is 1.89. The Bertz CT molecular complexity index is 566. The molecule has 1 amide bonds. The first-order valence-corrected chi connectivity index (χ1v) is 8.68. The maximum Gasteiger partial charge on any atom is 0.306 e. The number of benzene rings is 1. The molecule has 2 saturated carbocycles. The summed E-state index contributed by atoms with van der Waals surface area (Å²) in [5.41, 5.74) is 1.96. The minimum atomic E-state index is -0.282. The van der Waals surface area contributed by atoms with Crippen LogP contribution in [0.1, 0.15) is 44.6 Å². The minimum absolute atomic E-state index is 0.199. The molecule has 0 spiro atoms. The Kier molecular flexibility index (Phi) is 4.99. The SMILES string of the molecule is CCc1ccc(NC(=O)COC(=O)C[C@H]2C[C@H]3CC[C@@H]2C3)cc1. The molecule has 0 aliphatic heterocycles. The fourth-order valence-electron chi connectivity index (χ4n) is 4.07. The van der Waals surface area contributed by atoms with Gasteiger partial charge in [0.25, 0.3) is 5.91 Å². The molecule has 4 heteroatoms. The molecule has 0 saturated heterocycles. The van der Waals surface area contributed by atoms with Crippen LogP contribution in [0, 0.1) is 17.8 Å². The highest BCUT2D eigenvalue weighted by Gasteiger charge is 2.40. The van der Waals surface area contributed by atoms with E-state index in [-0.39, 0.29) is 18.5 Å². The molecule has 1 aromatic rings. The van der Waals surface area contributed by atoms with Crippen LogP contribution in [0.2, 0.25) is 0 Å². The molecule has 2 fully saturated rings. The van der Waals surface area contributed by atoms with Crippen LogP contribution in [-0.4, -0.2) is 18.5 Å². The van der Waals surface area contributed by atoms with Crippen LogP contribution >= 0.6 is 0 Å². The second-order valence-electron chi connectivity index (χ2n) is 6.90. The Morgan fingerprint density at radius 3 is 2.57 bits per heavy atom. The van der Waals surface area contributed by atoms with Crippen LogP contribution in [0.5, 0.6) is 0 Å². The predicted octanol–water partition coefficient (Wildman–Crippen LogP) is 3.56. The van der Waals surface area contributed by atoms with Gasteiger partial charge in [0.15, 0.2) is 6.61 Å². The number of carbonyl (C=O) groups excluding carboxylic acids is 2. The normalized spacial score (nSPS) is 25.3. The van der Waals surface area contributed by atoms with Crippen LogP contribution in [0.15, 0.2) is 24.3 Å². The van der Waals surface area contributed by atoms with Gasteiger partial charge in [-0.15, -0.1) is 0 Å². The van der Waals surface area contributed by atoms with Crippen molar-refractivity contribution in [2.75, 3.05) is 11.9 Å². The smallest absolute Gasteiger partial charge is 0.306 e. The van der Waals surface area contributed by atoms with Gasteiger partial charge < -0.3 is 10.1 Å². The third-order valence-corrected chi connectivity index (χ3v) is 5.32. The lowest BCUT2D eigenvalue weighted by Crippen LogP contribution is -2.23. The van der Waals surface area contributed by atoms with E-state index < -0.39 is 0 Å². The van der Waals surface area contributed by atoms with E-state index in [1.807, 2.05) is 24.3 Å². The number of esters is 1. The molecule has 3 atom stereocenters. The molecule has 124 valence electrons. The summed E-state index contributed by atoms with van der Waals surface area (Å²) in [7, 11) is 0. The second-order valence-corrected chi connectivity index (χ2v) is 6.90. The quantitative estimate of drug-likeness (QED) is 0.817. The fraction of sp³-hybridized carbons (Fsp3) is 0.579. The highest BCUT2D eigenvalue weighted by Crippen LogP contribution is 2.49. The van der Waals surface area contributed by atoms with Crippen LogP contribution in [0.4, 0.5) is 5.69 Å². The van der Waals surface area contributed by atoms with Gasteiger partial charge in [-0.25, -0.2) is 0 Å². The summed E-state index contributed by atoms with van der Waals surface area (Å²) >= 11 is 0. The Labute approximate surface area is 137 Å². The van der Waals surface area contributed by atoms with Gasteiger partial charge in [-0.2, -0.15) is 0 Å². The van der Waals surface area contributed by atoms with Gasteiger partial charge in [0.05, 0.1) is 0 Å². The van der Waals surface area contributed by atoms with Gasteiger partial charge in [0, 0.05) is 12.1 Å². The van der Waals surface area contributed by atoms with Crippen LogP contribution in [0.3, 0.4) is 0 Å². The lowest BCUT2D eigenvalue weighted by Gasteiger charge is -2.20. The monoisotopic (exact) mass is 315 g/mol. The number of carbonyl (C=O) groups is 2. The molecule has 0 unspecified atom stereocenters. The van der Waals surface area contributed by atoms with Crippen LogP contribution in [0.25, 0.3) is 0 Å². The standard InChI is InChI=1S/C19H25NO3/c1-2-13-4-7-17(8-5-13)20-18(21)12-23-19(22)11-16-10-14-3-6-15(16)9-14/h4-5,7-8,14-16H,2-3,6,9-12H2,1H3,(H,20,21)/t14-,15+,16+/m0/s1. The number of hydrogen-bond acceptors (Lipinski definition) is 3. The molecule has 0 heterocycles. The lowest BCUT2D eigenvalue weighted by molar-refractivity contribution is -0.148. The molecule has 23 heavy (non-hydrogen) atoms. The topological polar surface area (TPSA) is 55.4 Å². The number of ether oxygens (including phenoxy) is 1. The molecule has 3 rings (SSSR count). The van der Waals surface area contributed by atoms with Crippen molar-refractivity contribution < 1.29 is 14.3 Å². The zero-order chi connectivity index (χ0) is 16.2. The minimum Gasteiger partial charge on any atom is -0.456 e. The summed E-state index contributed by atoms with van der Waals surface area (Å²) in [6.07, 6.45) is 6.47. The van der Waals surface area contributed by atoms with Crippen molar-refractivity contribution in [2.45, 2.75) is 45.4 Å². The van der Waals surface area contributed by atoms with Crippen molar-refractivity contribution in [1.82, 2.24) is 0 Å². The summed E-state index contributed by atoms with van der Waals surface area (Å²) in [6, 6.07) is 7.70. The second kappa shape index (κ2) is 7.16. The van der Waals surface area contributed by atoms with E-state index in [2.05, 4.69) is 12.2 Å². The molecule has 2 bridgehead atoms. The average molecular weight is 315 g/mol. The van der Waals surface area contributed by atoms with Crippen molar-refractivity contribution >= 4 is 17.6 Å². The summed E-state index contributed by atoms with van der Waals surface area (Å²) in [4.78, 5) is 23.8. The first kappa shape index (κ1) is 16.0. The van der Waals surface area contributed by atoms with E-state index >= 15 is 0 Å². The summed E-state index contributed by atoms with van der Waals surface area (Å²) in [5, 5.41) is 2.75. The van der Waals surface area contributed by atoms with Crippen molar-refractivity contribution in [3.63, 3.8) is 0 Å². The molecule has 4 nitrogen and oxygen atoms in total. The number of hydrogen-bond donors (Lipinski definition) is 1. The van der Waals surface area contributed by atoms with Crippen LogP contribution < -0.4 is 5.32 Å². The number of anilines is 1. The van der Waals surface area contributed by atoms with E-state index in [9.17, 15) is 9.59 Å². The predicted molar refractivity (Wildman–Crippen MR) is 89.0 cm³/mol. The van der Waals surface area contributed by atoms with Crippen molar-refractivity contribution in [3.8, 4) is 0 Å². The van der Waals surface area contributed by atoms with Crippen molar-refractivity contribution in [3.05, 3.63) is 29.8 Å². The Balaban J connectivity index is 1.39. The van der Waals surface area contributed by atoms with E-state index in [0.29, 0.717) is 18.3 Å². The van der Waals surface area contributed by atoms with Crippen LogP contribution in [-0.2, 0) is 20.7 Å². The Morgan fingerprint density at radius 1 is 1.17 bits per heavy atom. The van der Waals surface area contributed by atoms with E-state index in [4.69, 9.17) is 4.74 Å². The largest absolute Gasteiger partial charge is 0.456 e. The summed E-state index contributed by atoms with van der Waals surface area (Å²) < 4.78 is 5.14. The maximum atomic E-state index is 11.9. The zero-order valence-corrected chi connectivity index (χ0v) is 13.7. The van der Waals surface area contributed by atoms with Gasteiger partial charge >= 0.3 is 5.97 Å². The zero-order valence-electron chi connectivity index (χ0n) is 13.7. The molecule has 0 aromatic heterocycles. The first-order valence-electron chi connectivity index (χ1n) is 8.68. The lowest BCUT2D eigenvalue weighted by atomic mass is 9.86. The Morgan fingerprint density at radius 2 is 1.96 bits per heavy atom. The molecule has 2 aliphatic rings. The average Bonchev–Trinajstić information content (AvgIpc) is 3.16. The number of aryl methyl sites for hydroxylation is 1. The third-order valence-electron chi connectivity index (χ3n) is 5.32. The Hall–Kier alpha value is -1.84. The molecule has 2 aliphatic carbocycles. The van der Waals surface area contributed by atoms with Crippen molar-refractivity contribution in [2.24, 2.45) is 17.8 Å². The molecule has 1 N–H and O–H groups in total. The molecule has 0 radical (unpaired) electrons. The van der Waals surface area contributed by atoms with Gasteiger partial charge in [0.2, 0.25) is 0 Å². The number of nitrogens with one attached hydrogen (secondary N) is 1. The number of rotatable bonds is 6. The van der Waals surface area contributed by atoms with Gasteiger partial charge in [0.1, 0.15) is 0 Å². The highest BCUT2D eigenvalue weighted by atomic mass is 16.5.